The minimum atomic E-state index is 0.725. The third kappa shape index (κ3) is 2.75. The lowest BCUT2D eigenvalue weighted by atomic mass is 9.80. The lowest BCUT2D eigenvalue weighted by Crippen LogP contribution is -2.46. The number of rotatable bonds is 2. The Morgan fingerprint density at radius 3 is 2.33 bits per heavy atom. The fourth-order valence-corrected chi connectivity index (χ4v) is 4.11. The number of fused-ring (bicyclic) bond motifs is 2. The Balaban J connectivity index is 1.59. The topological polar surface area (TPSA) is 3.24 Å². The number of benzene rings is 2. The van der Waals surface area contributed by atoms with Gasteiger partial charge in [-0.05, 0) is 48.3 Å². The second kappa shape index (κ2) is 5.65. The molecular weight excluding hydrogens is 254 g/mol. The van der Waals surface area contributed by atoms with E-state index in [1.807, 2.05) is 0 Å². The number of hydrogen-bond acceptors (Lipinski definition) is 1. The van der Waals surface area contributed by atoms with Crippen LogP contribution in [0.5, 0.6) is 0 Å². The van der Waals surface area contributed by atoms with E-state index in [4.69, 9.17) is 0 Å². The SMILES string of the molecule is c1ccc(CN2C[C@@H]3CC[C@H]2Cc2ccccc2C3)cc1. The Labute approximate surface area is 127 Å². The summed E-state index contributed by atoms with van der Waals surface area (Å²) in [5.41, 5.74) is 4.65. The van der Waals surface area contributed by atoms with Gasteiger partial charge in [0.05, 0.1) is 0 Å². The highest BCUT2D eigenvalue weighted by Crippen LogP contribution is 2.32. The van der Waals surface area contributed by atoms with Crippen molar-refractivity contribution in [1.29, 1.82) is 0 Å². The van der Waals surface area contributed by atoms with Crippen molar-refractivity contribution in [3.63, 3.8) is 0 Å². The Morgan fingerprint density at radius 1 is 0.810 bits per heavy atom. The van der Waals surface area contributed by atoms with Crippen LogP contribution in [0.1, 0.15) is 29.5 Å². The maximum absolute atomic E-state index is 2.74. The molecule has 0 aromatic heterocycles. The van der Waals surface area contributed by atoms with E-state index < -0.39 is 0 Å². The van der Waals surface area contributed by atoms with Crippen molar-refractivity contribution < 1.29 is 0 Å². The molecule has 1 heteroatoms. The van der Waals surface area contributed by atoms with Crippen molar-refractivity contribution in [2.45, 2.75) is 38.3 Å². The zero-order chi connectivity index (χ0) is 14.1. The van der Waals surface area contributed by atoms with Crippen LogP contribution in [-0.2, 0) is 19.4 Å². The summed E-state index contributed by atoms with van der Waals surface area (Å²) in [4.78, 5) is 2.74. The second-order valence-corrected chi connectivity index (χ2v) is 6.69. The highest BCUT2D eigenvalue weighted by atomic mass is 15.2. The predicted octanol–water partition coefficient (Wildman–Crippen LogP) is 4.07. The summed E-state index contributed by atoms with van der Waals surface area (Å²) >= 11 is 0. The molecule has 1 aliphatic carbocycles. The molecule has 21 heavy (non-hydrogen) atoms. The van der Waals surface area contributed by atoms with Crippen molar-refractivity contribution in [3.05, 3.63) is 71.3 Å². The first-order valence-corrected chi connectivity index (χ1v) is 8.23. The average molecular weight is 277 g/mol. The van der Waals surface area contributed by atoms with Gasteiger partial charge in [0.2, 0.25) is 0 Å². The molecule has 2 aromatic carbocycles. The van der Waals surface area contributed by atoms with Gasteiger partial charge in [-0.15, -0.1) is 0 Å². The van der Waals surface area contributed by atoms with E-state index in [-0.39, 0.29) is 0 Å². The Bertz CT molecular complexity index is 604. The van der Waals surface area contributed by atoms with Crippen LogP contribution in [0.25, 0.3) is 0 Å². The molecule has 0 amide bonds. The largest absolute Gasteiger partial charge is 0.296 e. The zero-order valence-corrected chi connectivity index (χ0v) is 12.5. The van der Waals surface area contributed by atoms with Crippen LogP contribution in [0.4, 0.5) is 0 Å². The Morgan fingerprint density at radius 2 is 1.52 bits per heavy atom. The first-order valence-electron chi connectivity index (χ1n) is 8.23. The Hall–Kier alpha value is -1.60. The van der Waals surface area contributed by atoms with Crippen LogP contribution in [0.2, 0.25) is 0 Å². The van der Waals surface area contributed by atoms with E-state index >= 15 is 0 Å². The van der Waals surface area contributed by atoms with Gasteiger partial charge in [0, 0.05) is 19.1 Å². The monoisotopic (exact) mass is 277 g/mol. The van der Waals surface area contributed by atoms with Crippen LogP contribution in [0.15, 0.2) is 54.6 Å². The smallest absolute Gasteiger partial charge is 0.0236 e. The number of nitrogens with zero attached hydrogens (tertiary/aromatic N) is 1. The highest BCUT2D eigenvalue weighted by Gasteiger charge is 2.31. The lowest BCUT2D eigenvalue weighted by Gasteiger charge is -2.42. The fraction of sp³-hybridized carbons (Fsp3) is 0.400. The van der Waals surface area contributed by atoms with E-state index in [1.54, 1.807) is 11.1 Å². The molecule has 2 bridgehead atoms. The summed E-state index contributed by atoms with van der Waals surface area (Å²) in [6, 6.07) is 20.8. The summed E-state index contributed by atoms with van der Waals surface area (Å²) in [6.45, 7) is 2.39. The van der Waals surface area contributed by atoms with Crippen molar-refractivity contribution >= 4 is 0 Å². The number of hydrogen-bond donors (Lipinski definition) is 0. The molecule has 1 fully saturated rings. The lowest BCUT2D eigenvalue weighted by molar-refractivity contribution is 0.0938. The predicted molar refractivity (Wildman–Crippen MR) is 87.2 cm³/mol. The van der Waals surface area contributed by atoms with Gasteiger partial charge in [-0.2, -0.15) is 0 Å². The molecule has 1 nitrogen and oxygen atoms in total. The minimum absolute atomic E-state index is 0.725. The molecule has 2 aliphatic heterocycles. The molecule has 108 valence electrons. The third-order valence-corrected chi connectivity index (χ3v) is 5.23. The average Bonchev–Trinajstić information content (AvgIpc) is 2.49. The van der Waals surface area contributed by atoms with Crippen molar-refractivity contribution in [3.8, 4) is 0 Å². The summed E-state index contributed by atoms with van der Waals surface area (Å²) in [6.07, 6.45) is 5.28. The van der Waals surface area contributed by atoms with Gasteiger partial charge in [0.15, 0.2) is 0 Å². The van der Waals surface area contributed by atoms with Gasteiger partial charge in [-0.3, -0.25) is 4.90 Å². The molecule has 2 heterocycles. The van der Waals surface area contributed by atoms with E-state index in [1.165, 1.54) is 37.8 Å². The molecule has 5 rings (SSSR count). The van der Waals surface area contributed by atoms with Gasteiger partial charge >= 0.3 is 0 Å². The standard InChI is InChI=1S/C20H23N/c1-2-6-16(7-3-1)14-21-15-17-10-11-20(21)13-19-9-5-4-8-18(19)12-17/h1-9,17,20H,10-15H2/t17-,20+/m1/s1. The van der Waals surface area contributed by atoms with Crippen molar-refractivity contribution in [2.24, 2.45) is 5.92 Å². The Kier molecular flexibility index (Phi) is 3.52. The molecule has 2 aromatic rings. The first-order chi connectivity index (χ1) is 10.4. The minimum Gasteiger partial charge on any atom is -0.296 e. The van der Waals surface area contributed by atoms with Gasteiger partial charge in [0.1, 0.15) is 0 Å². The molecule has 0 spiro atoms. The number of piperidine rings is 1. The van der Waals surface area contributed by atoms with Crippen LogP contribution in [0.3, 0.4) is 0 Å². The molecular formula is C20H23N. The quantitative estimate of drug-likeness (QED) is 0.800. The first kappa shape index (κ1) is 13.1. The van der Waals surface area contributed by atoms with Crippen LogP contribution < -0.4 is 0 Å². The zero-order valence-electron chi connectivity index (χ0n) is 12.5. The van der Waals surface area contributed by atoms with Gasteiger partial charge in [-0.1, -0.05) is 54.6 Å². The summed E-state index contributed by atoms with van der Waals surface area (Å²) in [5.74, 6) is 0.839. The van der Waals surface area contributed by atoms with E-state index in [0.29, 0.717) is 0 Å². The molecule has 0 unspecified atom stereocenters. The molecule has 3 aliphatic rings. The molecule has 1 saturated heterocycles. The maximum atomic E-state index is 2.74. The third-order valence-electron chi connectivity index (χ3n) is 5.23. The van der Waals surface area contributed by atoms with E-state index in [9.17, 15) is 0 Å². The van der Waals surface area contributed by atoms with Crippen LogP contribution >= 0.6 is 0 Å². The summed E-state index contributed by atoms with van der Waals surface area (Å²) in [7, 11) is 0. The van der Waals surface area contributed by atoms with Gasteiger partial charge < -0.3 is 0 Å². The molecule has 0 saturated carbocycles. The van der Waals surface area contributed by atoms with E-state index in [2.05, 4.69) is 59.5 Å². The summed E-state index contributed by atoms with van der Waals surface area (Å²) in [5, 5.41) is 0. The maximum Gasteiger partial charge on any atom is 0.0236 e. The summed E-state index contributed by atoms with van der Waals surface area (Å²) < 4.78 is 0. The molecule has 0 N–H and O–H groups in total. The van der Waals surface area contributed by atoms with Crippen LogP contribution in [-0.4, -0.2) is 17.5 Å². The van der Waals surface area contributed by atoms with E-state index in [0.717, 1.165) is 18.5 Å². The highest BCUT2D eigenvalue weighted by molar-refractivity contribution is 5.30. The van der Waals surface area contributed by atoms with Crippen molar-refractivity contribution in [2.75, 3.05) is 6.54 Å². The normalized spacial score (nSPS) is 25.1. The van der Waals surface area contributed by atoms with Gasteiger partial charge in [0.25, 0.3) is 0 Å². The second-order valence-electron chi connectivity index (χ2n) is 6.69. The van der Waals surface area contributed by atoms with Gasteiger partial charge in [-0.25, -0.2) is 0 Å². The van der Waals surface area contributed by atoms with Crippen molar-refractivity contribution in [1.82, 2.24) is 4.90 Å². The molecule has 2 atom stereocenters. The van der Waals surface area contributed by atoms with Crippen LogP contribution in [0, 0.1) is 5.92 Å². The molecule has 0 radical (unpaired) electrons. The fourth-order valence-electron chi connectivity index (χ4n) is 4.11.